The Morgan fingerprint density at radius 2 is 1.77 bits per heavy atom. The largest absolute Gasteiger partial charge is 0.494 e. The van der Waals surface area contributed by atoms with E-state index in [0.717, 1.165) is 11.3 Å². The number of benzene rings is 2. The highest BCUT2D eigenvalue weighted by Gasteiger charge is 2.08. The minimum atomic E-state index is -0.376. The summed E-state index contributed by atoms with van der Waals surface area (Å²) in [5.74, 6) is 0.178. The van der Waals surface area contributed by atoms with Gasteiger partial charge in [-0.2, -0.15) is 0 Å². The summed E-state index contributed by atoms with van der Waals surface area (Å²) in [5, 5.41) is 6.00. The number of rotatable bonds is 8. The standard InChI is InChI=1S/C19H20Cl2N2O3/c1-13-4-7-15(8-5-13)26-10-2-3-18(24)22-12-19(25)23-17-11-14(20)6-9-16(17)21/h4-9,11H,2-3,10,12H2,1H3,(H,22,24)(H,23,25). The Bertz CT molecular complexity index is 764. The van der Waals surface area contributed by atoms with E-state index in [-0.39, 0.29) is 24.8 Å². The molecular formula is C19H20Cl2N2O3. The zero-order chi connectivity index (χ0) is 18.9. The van der Waals surface area contributed by atoms with Gasteiger partial charge in [0.1, 0.15) is 5.75 Å². The molecule has 0 unspecified atom stereocenters. The van der Waals surface area contributed by atoms with Crippen LogP contribution in [0.1, 0.15) is 18.4 Å². The summed E-state index contributed by atoms with van der Waals surface area (Å²) >= 11 is 11.8. The molecule has 0 radical (unpaired) electrons. The minimum Gasteiger partial charge on any atom is -0.494 e. The topological polar surface area (TPSA) is 67.4 Å². The van der Waals surface area contributed by atoms with Gasteiger partial charge in [-0.05, 0) is 43.7 Å². The van der Waals surface area contributed by atoms with Crippen molar-refractivity contribution in [2.45, 2.75) is 19.8 Å². The molecule has 0 aliphatic rings. The van der Waals surface area contributed by atoms with E-state index in [1.807, 2.05) is 31.2 Å². The van der Waals surface area contributed by atoms with Gasteiger partial charge in [0.05, 0.1) is 23.9 Å². The van der Waals surface area contributed by atoms with Crippen molar-refractivity contribution in [3.05, 3.63) is 58.1 Å². The fourth-order valence-electron chi connectivity index (χ4n) is 2.11. The van der Waals surface area contributed by atoms with Crippen LogP contribution < -0.4 is 15.4 Å². The Morgan fingerprint density at radius 1 is 1.04 bits per heavy atom. The zero-order valence-electron chi connectivity index (χ0n) is 14.4. The molecule has 0 saturated carbocycles. The number of ether oxygens (including phenoxy) is 1. The lowest BCUT2D eigenvalue weighted by Gasteiger charge is -2.09. The monoisotopic (exact) mass is 394 g/mol. The predicted molar refractivity (Wildman–Crippen MR) is 104 cm³/mol. The Balaban J connectivity index is 1.64. The lowest BCUT2D eigenvalue weighted by molar-refractivity contribution is -0.124. The van der Waals surface area contributed by atoms with Gasteiger partial charge in [-0.15, -0.1) is 0 Å². The number of halogens is 2. The van der Waals surface area contributed by atoms with Gasteiger partial charge < -0.3 is 15.4 Å². The fourth-order valence-corrected chi connectivity index (χ4v) is 2.45. The fraction of sp³-hybridized carbons (Fsp3) is 0.263. The Morgan fingerprint density at radius 3 is 2.50 bits per heavy atom. The van der Waals surface area contributed by atoms with Gasteiger partial charge in [0.15, 0.2) is 0 Å². The van der Waals surface area contributed by atoms with E-state index in [2.05, 4.69) is 10.6 Å². The van der Waals surface area contributed by atoms with Crippen molar-refractivity contribution < 1.29 is 14.3 Å². The van der Waals surface area contributed by atoms with Crippen molar-refractivity contribution in [2.75, 3.05) is 18.5 Å². The molecule has 26 heavy (non-hydrogen) atoms. The quantitative estimate of drug-likeness (QED) is 0.658. The van der Waals surface area contributed by atoms with Crippen molar-refractivity contribution in [3.8, 4) is 5.75 Å². The molecule has 0 aromatic heterocycles. The van der Waals surface area contributed by atoms with Crippen LogP contribution in [-0.4, -0.2) is 25.0 Å². The second kappa shape index (κ2) is 10.0. The lowest BCUT2D eigenvalue weighted by Crippen LogP contribution is -2.32. The maximum Gasteiger partial charge on any atom is 0.243 e. The summed E-state index contributed by atoms with van der Waals surface area (Å²) < 4.78 is 5.55. The van der Waals surface area contributed by atoms with Gasteiger partial charge in [0.25, 0.3) is 0 Å². The third-order valence-electron chi connectivity index (χ3n) is 3.49. The molecule has 0 fully saturated rings. The van der Waals surface area contributed by atoms with Gasteiger partial charge in [0.2, 0.25) is 11.8 Å². The number of nitrogens with one attached hydrogen (secondary N) is 2. The Labute approximate surface area is 162 Å². The van der Waals surface area contributed by atoms with Crippen LogP contribution in [0.4, 0.5) is 5.69 Å². The molecule has 2 aromatic rings. The van der Waals surface area contributed by atoms with Crippen molar-refractivity contribution >= 4 is 40.7 Å². The number of aryl methyl sites for hydroxylation is 1. The molecule has 2 amide bonds. The normalized spacial score (nSPS) is 10.3. The van der Waals surface area contributed by atoms with Gasteiger partial charge in [-0.25, -0.2) is 0 Å². The zero-order valence-corrected chi connectivity index (χ0v) is 15.9. The number of hydrogen-bond donors (Lipinski definition) is 2. The Kier molecular flexibility index (Phi) is 7.75. The molecule has 0 aliphatic carbocycles. The van der Waals surface area contributed by atoms with Gasteiger partial charge in [-0.1, -0.05) is 40.9 Å². The lowest BCUT2D eigenvalue weighted by atomic mass is 10.2. The molecule has 5 nitrogen and oxygen atoms in total. The average Bonchev–Trinajstić information content (AvgIpc) is 2.61. The summed E-state index contributed by atoms with van der Waals surface area (Å²) in [5.41, 5.74) is 1.57. The summed E-state index contributed by atoms with van der Waals surface area (Å²) in [6, 6.07) is 12.5. The van der Waals surface area contributed by atoms with Crippen LogP contribution in [0.15, 0.2) is 42.5 Å². The molecule has 0 saturated heterocycles. The van der Waals surface area contributed by atoms with E-state index in [4.69, 9.17) is 27.9 Å². The van der Waals surface area contributed by atoms with Crippen LogP contribution in [0.3, 0.4) is 0 Å². The first-order valence-corrected chi connectivity index (χ1v) is 8.91. The molecular weight excluding hydrogens is 375 g/mol. The van der Waals surface area contributed by atoms with Crippen LogP contribution in [0.2, 0.25) is 10.0 Å². The molecule has 0 aliphatic heterocycles. The average molecular weight is 395 g/mol. The number of anilines is 1. The Hall–Kier alpha value is -2.24. The van der Waals surface area contributed by atoms with Crippen molar-refractivity contribution in [1.29, 1.82) is 0 Å². The third kappa shape index (κ3) is 6.94. The molecule has 2 rings (SSSR count). The van der Waals surface area contributed by atoms with Crippen LogP contribution in [0, 0.1) is 6.92 Å². The number of hydrogen-bond acceptors (Lipinski definition) is 3. The maximum atomic E-state index is 11.9. The molecule has 2 N–H and O–H groups in total. The van der Waals surface area contributed by atoms with Crippen LogP contribution in [0.25, 0.3) is 0 Å². The first-order valence-electron chi connectivity index (χ1n) is 8.15. The summed E-state index contributed by atoms with van der Waals surface area (Å²) in [6.45, 7) is 2.30. The number of carbonyl (C=O) groups is 2. The molecule has 0 bridgehead atoms. The van der Waals surface area contributed by atoms with Crippen molar-refractivity contribution in [3.63, 3.8) is 0 Å². The third-order valence-corrected chi connectivity index (χ3v) is 4.05. The molecule has 7 heteroatoms. The van der Waals surface area contributed by atoms with Crippen LogP contribution in [-0.2, 0) is 9.59 Å². The highest BCUT2D eigenvalue weighted by molar-refractivity contribution is 6.35. The second-order valence-corrected chi connectivity index (χ2v) is 6.56. The molecule has 0 spiro atoms. The van der Waals surface area contributed by atoms with E-state index in [9.17, 15) is 9.59 Å². The van der Waals surface area contributed by atoms with Crippen LogP contribution in [0.5, 0.6) is 5.75 Å². The molecule has 138 valence electrons. The van der Waals surface area contributed by atoms with E-state index in [1.54, 1.807) is 18.2 Å². The van der Waals surface area contributed by atoms with E-state index >= 15 is 0 Å². The predicted octanol–water partition coefficient (Wildman–Crippen LogP) is 4.22. The molecule has 0 heterocycles. The van der Waals surface area contributed by atoms with E-state index in [0.29, 0.717) is 28.8 Å². The summed E-state index contributed by atoms with van der Waals surface area (Å²) in [4.78, 5) is 23.7. The highest BCUT2D eigenvalue weighted by atomic mass is 35.5. The molecule has 2 aromatic carbocycles. The number of amides is 2. The van der Waals surface area contributed by atoms with Crippen molar-refractivity contribution in [2.24, 2.45) is 0 Å². The number of carbonyl (C=O) groups excluding carboxylic acids is 2. The van der Waals surface area contributed by atoms with E-state index < -0.39 is 0 Å². The van der Waals surface area contributed by atoms with Crippen molar-refractivity contribution in [1.82, 2.24) is 5.32 Å². The summed E-state index contributed by atoms with van der Waals surface area (Å²) in [6.07, 6.45) is 0.832. The minimum absolute atomic E-state index is 0.138. The first kappa shape index (κ1) is 20.1. The molecule has 0 atom stereocenters. The SMILES string of the molecule is Cc1ccc(OCCCC(=O)NCC(=O)Nc2cc(Cl)ccc2Cl)cc1. The smallest absolute Gasteiger partial charge is 0.243 e. The van der Waals surface area contributed by atoms with E-state index in [1.165, 1.54) is 0 Å². The van der Waals surface area contributed by atoms with Crippen LogP contribution >= 0.6 is 23.2 Å². The first-order chi connectivity index (χ1) is 12.4. The van der Waals surface area contributed by atoms with Gasteiger partial charge in [-0.3, -0.25) is 9.59 Å². The van der Waals surface area contributed by atoms with Gasteiger partial charge >= 0.3 is 0 Å². The summed E-state index contributed by atoms with van der Waals surface area (Å²) in [7, 11) is 0. The second-order valence-electron chi connectivity index (χ2n) is 5.71. The van der Waals surface area contributed by atoms with Gasteiger partial charge in [0, 0.05) is 11.4 Å². The highest BCUT2D eigenvalue weighted by Crippen LogP contribution is 2.25. The maximum absolute atomic E-state index is 11.9.